The van der Waals surface area contributed by atoms with E-state index in [4.69, 9.17) is 21.1 Å². The maximum absolute atomic E-state index is 12.9. The highest BCUT2D eigenvalue weighted by Crippen LogP contribution is 2.75. The molecule has 2 aromatic rings. The average Bonchev–Trinajstić information content (AvgIpc) is 3.43. The quantitative estimate of drug-likeness (QED) is 0.280. The van der Waals surface area contributed by atoms with Gasteiger partial charge in [-0.15, -0.1) is 11.6 Å². The van der Waals surface area contributed by atoms with E-state index in [1.807, 2.05) is 19.9 Å². The van der Waals surface area contributed by atoms with Gasteiger partial charge in [-0.2, -0.15) is 0 Å². The van der Waals surface area contributed by atoms with Crippen molar-refractivity contribution in [2.45, 2.75) is 138 Å². The standard InChI is InChI=1S/C32H44ClNO6/c1-27(2,33)20(35)14-16-8-7-9-19-22(16)18-15-17-10-13-31(38)29(5,30(17,6)24(18)34-19)12-11-21-32(31)26(40-32)23(36)25(39-21)28(3,4)37/h7-9,17,20-21,23,25-26,34-38H,10-15H2,1-6H3. The Labute approximate surface area is 241 Å². The summed E-state index contributed by atoms with van der Waals surface area (Å²) in [6.07, 6.45) is 0.815. The maximum Gasteiger partial charge on any atom is 0.152 e. The second-order valence-corrected chi connectivity index (χ2v) is 16.0. The van der Waals surface area contributed by atoms with Crippen molar-refractivity contribution in [3.05, 3.63) is 35.0 Å². The monoisotopic (exact) mass is 573 g/mol. The van der Waals surface area contributed by atoms with Gasteiger partial charge < -0.3 is 34.9 Å². The lowest BCUT2D eigenvalue weighted by molar-refractivity contribution is -0.280. The van der Waals surface area contributed by atoms with E-state index in [0.29, 0.717) is 25.2 Å². The first-order chi connectivity index (χ1) is 18.5. The zero-order valence-corrected chi connectivity index (χ0v) is 25.2. The molecule has 7 rings (SSSR count). The molecule has 0 bridgehead atoms. The predicted molar refractivity (Wildman–Crippen MR) is 153 cm³/mol. The lowest BCUT2D eigenvalue weighted by Gasteiger charge is -2.66. The molecule has 10 unspecified atom stereocenters. The summed E-state index contributed by atoms with van der Waals surface area (Å²) in [7, 11) is 0. The molecule has 40 heavy (non-hydrogen) atoms. The summed E-state index contributed by atoms with van der Waals surface area (Å²) in [5.41, 5.74) is 0.309. The summed E-state index contributed by atoms with van der Waals surface area (Å²) in [5, 5.41) is 46.9. The zero-order chi connectivity index (χ0) is 28.8. The molecule has 2 saturated carbocycles. The molecule has 4 fully saturated rings. The molecule has 10 atom stereocenters. The van der Waals surface area contributed by atoms with Crippen LogP contribution >= 0.6 is 11.6 Å². The summed E-state index contributed by atoms with van der Waals surface area (Å²) < 4.78 is 12.8. The number of aliphatic hydroxyl groups is 4. The molecule has 0 radical (unpaired) electrons. The first-order valence-corrected chi connectivity index (χ1v) is 15.3. The van der Waals surface area contributed by atoms with Crippen LogP contribution in [0, 0.1) is 11.3 Å². The third-order valence-electron chi connectivity index (χ3n) is 12.3. The molecule has 3 heterocycles. The van der Waals surface area contributed by atoms with Gasteiger partial charge in [0, 0.05) is 33.8 Å². The number of H-pyrrole nitrogens is 1. The van der Waals surface area contributed by atoms with Gasteiger partial charge in [0.15, 0.2) is 5.60 Å². The number of hydrogen-bond donors (Lipinski definition) is 5. The summed E-state index contributed by atoms with van der Waals surface area (Å²) in [6, 6.07) is 6.22. The molecule has 1 aromatic heterocycles. The van der Waals surface area contributed by atoms with Gasteiger partial charge in [-0.3, -0.25) is 0 Å². The minimum absolute atomic E-state index is 0.342. The molecule has 1 spiro atoms. The van der Waals surface area contributed by atoms with Gasteiger partial charge in [0.2, 0.25) is 0 Å². The van der Waals surface area contributed by atoms with Crippen LogP contribution in [0.25, 0.3) is 10.9 Å². The second-order valence-electron chi connectivity index (χ2n) is 15.0. The SMILES string of the molecule is CC(C)(O)C1OC2CCC3(C)C4(C)c5[nH]c6cccc(CC(O)C(C)(C)Cl)c6c5CC4CCC3(O)C23OC3C1O. The van der Waals surface area contributed by atoms with Crippen molar-refractivity contribution in [2.24, 2.45) is 11.3 Å². The van der Waals surface area contributed by atoms with Crippen LogP contribution < -0.4 is 0 Å². The van der Waals surface area contributed by atoms with Gasteiger partial charge >= 0.3 is 0 Å². The molecular weight excluding hydrogens is 530 g/mol. The van der Waals surface area contributed by atoms with Crippen LogP contribution in [-0.4, -0.2) is 77.6 Å². The number of ether oxygens (including phenoxy) is 2. The number of epoxide rings is 1. The van der Waals surface area contributed by atoms with Crippen LogP contribution in [0.15, 0.2) is 18.2 Å². The molecule has 5 aliphatic rings. The van der Waals surface area contributed by atoms with Gasteiger partial charge in [-0.1, -0.05) is 26.0 Å². The van der Waals surface area contributed by atoms with Crippen LogP contribution in [-0.2, 0) is 27.7 Å². The first kappa shape index (κ1) is 27.6. The smallest absolute Gasteiger partial charge is 0.152 e. The first-order valence-electron chi connectivity index (χ1n) is 15.0. The Morgan fingerprint density at radius 3 is 2.55 bits per heavy atom. The third-order valence-corrected chi connectivity index (χ3v) is 12.5. The molecule has 2 saturated heterocycles. The van der Waals surface area contributed by atoms with Crippen molar-refractivity contribution in [3.8, 4) is 0 Å². The molecule has 2 aliphatic heterocycles. The van der Waals surface area contributed by atoms with Crippen LogP contribution in [0.1, 0.15) is 84.0 Å². The lowest BCUT2D eigenvalue weighted by Crippen LogP contribution is -2.76. The van der Waals surface area contributed by atoms with Gasteiger partial charge in [0.1, 0.15) is 23.9 Å². The van der Waals surface area contributed by atoms with Crippen LogP contribution in [0.4, 0.5) is 0 Å². The highest BCUT2D eigenvalue weighted by atomic mass is 35.5. The molecular formula is C32H44ClNO6. The molecule has 0 amide bonds. The number of halogens is 1. The molecule has 3 aliphatic carbocycles. The number of alkyl halides is 1. The summed E-state index contributed by atoms with van der Waals surface area (Å²) in [5.74, 6) is 0.342. The summed E-state index contributed by atoms with van der Waals surface area (Å²) >= 11 is 6.49. The van der Waals surface area contributed by atoms with E-state index >= 15 is 0 Å². The van der Waals surface area contributed by atoms with E-state index in [9.17, 15) is 20.4 Å². The highest BCUT2D eigenvalue weighted by molar-refractivity contribution is 6.23. The van der Waals surface area contributed by atoms with Crippen LogP contribution in [0.3, 0.4) is 0 Å². The fourth-order valence-corrected chi connectivity index (χ4v) is 9.86. The van der Waals surface area contributed by atoms with E-state index in [1.54, 1.807) is 13.8 Å². The molecule has 8 heteroatoms. The van der Waals surface area contributed by atoms with E-state index < -0.39 is 51.5 Å². The summed E-state index contributed by atoms with van der Waals surface area (Å²) in [6.45, 7) is 11.5. The number of aliphatic hydroxyl groups excluding tert-OH is 2. The van der Waals surface area contributed by atoms with Gasteiger partial charge in [-0.25, -0.2) is 0 Å². The van der Waals surface area contributed by atoms with Gasteiger partial charge in [0.25, 0.3) is 0 Å². The topological polar surface area (TPSA) is 118 Å². The largest absolute Gasteiger partial charge is 0.391 e. The van der Waals surface area contributed by atoms with Crippen molar-refractivity contribution in [3.63, 3.8) is 0 Å². The number of aromatic nitrogens is 1. The summed E-state index contributed by atoms with van der Waals surface area (Å²) in [4.78, 5) is 3.06. The fraction of sp³-hybridized carbons (Fsp3) is 0.750. The van der Waals surface area contributed by atoms with E-state index in [1.165, 1.54) is 16.6 Å². The second kappa shape index (κ2) is 8.04. The zero-order valence-electron chi connectivity index (χ0n) is 24.4. The normalized spacial score (nSPS) is 44.8. The van der Waals surface area contributed by atoms with E-state index in [2.05, 4.69) is 31.0 Å². The number of benzene rings is 1. The maximum atomic E-state index is 12.9. The molecule has 1 aromatic carbocycles. The Kier molecular flexibility index (Phi) is 5.56. The number of fused-ring (bicyclic) bond motifs is 7. The van der Waals surface area contributed by atoms with Crippen molar-refractivity contribution in [1.29, 1.82) is 0 Å². The fourth-order valence-electron chi connectivity index (χ4n) is 9.78. The number of aromatic amines is 1. The highest BCUT2D eigenvalue weighted by Gasteiger charge is 2.86. The van der Waals surface area contributed by atoms with Crippen molar-refractivity contribution < 1.29 is 29.9 Å². The number of nitrogens with one attached hydrogen (secondary N) is 1. The van der Waals surface area contributed by atoms with E-state index in [-0.39, 0.29) is 11.5 Å². The van der Waals surface area contributed by atoms with Crippen molar-refractivity contribution in [1.82, 2.24) is 4.98 Å². The molecule has 7 nitrogen and oxygen atoms in total. The van der Waals surface area contributed by atoms with Crippen molar-refractivity contribution in [2.75, 3.05) is 0 Å². The average molecular weight is 574 g/mol. The predicted octanol–water partition coefficient (Wildman–Crippen LogP) is 3.88. The van der Waals surface area contributed by atoms with Crippen LogP contribution in [0.2, 0.25) is 0 Å². The Hall–Kier alpha value is -1.19. The van der Waals surface area contributed by atoms with E-state index in [0.717, 1.165) is 30.3 Å². The minimum Gasteiger partial charge on any atom is -0.391 e. The van der Waals surface area contributed by atoms with Gasteiger partial charge in [0.05, 0.1) is 22.7 Å². The van der Waals surface area contributed by atoms with Gasteiger partial charge in [-0.05, 0) is 82.9 Å². The number of hydrogen-bond acceptors (Lipinski definition) is 6. The lowest BCUT2D eigenvalue weighted by atomic mass is 9.40. The molecule has 220 valence electrons. The Balaban J connectivity index is 1.32. The minimum atomic E-state index is -1.22. The number of rotatable bonds is 4. The Bertz CT molecular complexity index is 1380. The van der Waals surface area contributed by atoms with Crippen molar-refractivity contribution >= 4 is 22.5 Å². The molecule has 5 N–H and O–H groups in total. The Morgan fingerprint density at radius 1 is 1.15 bits per heavy atom. The van der Waals surface area contributed by atoms with Crippen LogP contribution in [0.5, 0.6) is 0 Å². The Morgan fingerprint density at radius 2 is 1.88 bits per heavy atom. The third kappa shape index (κ3) is 3.13.